The highest BCUT2D eigenvalue weighted by Crippen LogP contribution is 2.24. The molecule has 1 amide bonds. The van der Waals surface area contributed by atoms with Crippen LogP contribution in [-0.2, 0) is 4.79 Å². The summed E-state index contributed by atoms with van der Waals surface area (Å²) < 4.78 is 0. The molecule has 0 saturated carbocycles. The molecule has 0 aromatic rings. The van der Waals surface area contributed by atoms with Crippen LogP contribution in [0.1, 0.15) is 157 Å². The van der Waals surface area contributed by atoms with Crippen LogP contribution in [-0.4, -0.2) is 5.91 Å². The highest BCUT2D eigenvalue weighted by atomic mass is 16.1. The maximum absolute atomic E-state index is 11.8. The highest BCUT2D eigenvalue weighted by molar-refractivity contribution is 5.76. The van der Waals surface area contributed by atoms with E-state index in [4.69, 9.17) is 5.73 Å². The minimum absolute atomic E-state index is 0.0700. The molecular formula is C28H61N3O. The molecule has 0 unspecified atom stereocenters. The summed E-state index contributed by atoms with van der Waals surface area (Å²) in [5.74, 6) is 8.04. The molecule has 0 aromatic carbocycles. The summed E-state index contributed by atoms with van der Waals surface area (Å²) in [5.41, 5.74) is 6.62. The van der Waals surface area contributed by atoms with Gasteiger partial charge in [-0.25, -0.2) is 0 Å². The van der Waals surface area contributed by atoms with Crippen LogP contribution in [0.2, 0.25) is 0 Å². The van der Waals surface area contributed by atoms with E-state index in [2.05, 4.69) is 53.2 Å². The van der Waals surface area contributed by atoms with Crippen molar-refractivity contribution in [1.29, 1.82) is 0 Å². The highest BCUT2D eigenvalue weighted by Gasteiger charge is 2.14. The van der Waals surface area contributed by atoms with Crippen LogP contribution in [0.3, 0.4) is 0 Å². The fraction of sp³-hybridized carbons (Fsp3) is 0.964. The van der Waals surface area contributed by atoms with Crippen LogP contribution in [0, 0.1) is 16.7 Å². The Morgan fingerprint density at radius 1 is 0.531 bits per heavy atom. The van der Waals surface area contributed by atoms with Gasteiger partial charge in [0.25, 0.3) is 0 Å². The van der Waals surface area contributed by atoms with Gasteiger partial charge >= 0.3 is 0 Å². The molecule has 0 aromatic heterocycles. The molecule has 0 aliphatic heterocycles. The molecule has 6 N–H and O–H groups in total. The van der Waals surface area contributed by atoms with Gasteiger partial charge in [-0.3, -0.25) is 16.5 Å². The number of unbranched alkanes of at least 4 members (excludes halogenated alkanes) is 12. The summed E-state index contributed by atoms with van der Waals surface area (Å²) in [6.07, 6.45) is 23.1. The molecule has 0 spiro atoms. The minimum Gasteiger partial charge on any atom is -0.369 e. The number of hydrazine groups is 1. The topological polar surface area (TPSA) is 95.1 Å². The molecule has 0 atom stereocenters. The second-order valence-electron chi connectivity index (χ2n) is 12.2. The number of nitrogens with two attached hydrogens (primary N) is 3. The van der Waals surface area contributed by atoms with E-state index < -0.39 is 0 Å². The van der Waals surface area contributed by atoms with Gasteiger partial charge in [0.2, 0.25) is 5.91 Å². The first-order valence-corrected chi connectivity index (χ1v) is 13.6. The number of carbonyl (C=O) groups is 1. The Labute approximate surface area is 202 Å². The maximum Gasteiger partial charge on any atom is 0.220 e. The lowest BCUT2D eigenvalue weighted by molar-refractivity contribution is -0.122. The Kier molecular flexibility index (Phi) is 22.0. The zero-order valence-corrected chi connectivity index (χ0v) is 22.9. The Hall–Kier alpha value is -0.610. The summed E-state index contributed by atoms with van der Waals surface area (Å²) in [6, 6.07) is 0. The average Bonchev–Trinajstić information content (AvgIpc) is 2.69. The van der Waals surface area contributed by atoms with Crippen molar-refractivity contribution in [1.82, 2.24) is 0 Å². The quantitative estimate of drug-likeness (QED) is 0.104. The van der Waals surface area contributed by atoms with Crippen molar-refractivity contribution in [2.75, 3.05) is 0 Å². The lowest BCUT2D eigenvalue weighted by Gasteiger charge is -2.17. The normalized spacial score (nSPS) is 12.0. The summed E-state index contributed by atoms with van der Waals surface area (Å²) in [6.45, 7) is 14.0. The van der Waals surface area contributed by atoms with E-state index in [0.717, 1.165) is 12.8 Å². The van der Waals surface area contributed by atoms with Crippen molar-refractivity contribution in [3.8, 4) is 0 Å². The van der Waals surface area contributed by atoms with Gasteiger partial charge in [0.15, 0.2) is 0 Å². The maximum atomic E-state index is 11.8. The van der Waals surface area contributed by atoms with Gasteiger partial charge in [-0.1, -0.05) is 131 Å². The summed E-state index contributed by atoms with van der Waals surface area (Å²) >= 11 is 0. The zero-order valence-electron chi connectivity index (χ0n) is 22.9. The van der Waals surface area contributed by atoms with Crippen molar-refractivity contribution >= 4 is 5.91 Å². The van der Waals surface area contributed by atoms with Gasteiger partial charge < -0.3 is 5.73 Å². The molecule has 0 bridgehead atoms. The largest absolute Gasteiger partial charge is 0.369 e. The molecular weight excluding hydrogens is 394 g/mol. The van der Waals surface area contributed by atoms with Crippen LogP contribution < -0.4 is 17.4 Å². The fourth-order valence-electron chi connectivity index (χ4n) is 4.29. The zero-order chi connectivity index (χ0) is 24.9. The smallest absolute Gasteiger partial charge is 0.220 e. The number of hydrogen-bond donors (Lipinski definition) is 3. The van der Waals surface area contributed by atoms with Crippen LogP contribution in [0.4, 0.5) is 0 Å². The first-order chi connectivity index (χ1) is 15.0. The number of hydrogen-bond acceptors (Lipinski definition) is 3. The van der Waals surface area contributed by atoms with Gasteiger partial charge in [0.05, 0.1) is 0 Å². The molecule has 0 fully saturated rings. The van der Waals surface area contributed by atoms with Crippen LogP contribution in [0.25, 0.3) is 0 Å². The molecule has 0 rings (SSSR count). The SMILES string of the molecule is CC(C)(C)CCCCCCCCCC(CCCCCCCCCC(C)(C)C)C(N)=O.NN. The Morgan fingerprint density at radius 3 is 1.03 bits per heavy atom. The van der Waals surface area contributed by atoms with E-state index in [1.807, 2.05) is 0 Å². The summed E-state index contributed by atoms with van der Waals surface area (Å²) in [7, 11) is 0. The third-order valence-corrected chi connectivity index (χ3v) is 6.36. The molecule has 32 heavy (non-hydrogen) atoms. The first-order valence-electron chi connectivity index (χ1n) is 13.6. The Bertz CT molecular complexity index is 378. The molecule has 0 aliphatic rings. The van der Waals surface area contributed by atoms with Crippen molar-refractivity contribution in [2.24, 2.45) is 34.2 Å². The van der Waals surface area contributed by atoms with Gasteiger partial charge in [0, 0.05) is 5.92 Å². The predicted molar refractivity (Wildman–Crippen MR) is 143 cm³/mol. The van der Waals surface area contributed by atoms with E-state index in [9.17, 15) is 4.79 Å². The second kappa shape index (κ2) is 21.0. The van der Waals surface area contributed by atoms with Crippen LogP contribution in [0.5, 0.6) is 0 Å². The van der Waals surface area contributed by atoms with Crippen LogP contribution in [0.15, 0.2) is 0 Å². The Balaban J connectivity index is 0. The van der Waals surface area contributed by atoms with E-state index in [1.54, 1.807) is 0 Å². The third-order valence-electron chi connectivity index (χ3n) is 6.36. The molecule has 194 valence electrons. The average molecular weight is 456 g/mol. The van der Waals surface area contributed by atoms with E-state index in [1.165, 1.54) is 103 Å². The molecule has 4 nitrogen and oxygen atoms in total. The summed E-state index contributed by atoms with van der Waals surface area (Å²) in [4.78, 5) is 11.8. The van der Waals surface area contributed by atoms with E-state index in [-0.39, 0.29) is 11.8 Å². The van der Waals surface area contributed by atoms with Crippen molar-refractivity contribution in [3.63, 3.8) is 0 Å². The van der Waals surface area contributed by atoms with Crippen molar-refractivity contribution in [2.45, 2.75) is 157 Å². The van der Waals surface area contributed by atoms with Gasteiger partial charge in [-0.15, -0.1) is 0 Å². The Morgan fingerprint density at radius 2 is 0.781 bits per heavy atom. The monoisotopic (exact) mass is 455 g/mol. The number of rotatable bonds is 19. The molecule has 0 radical (unpaired) electrons. The first kappa shape index (κ1) is 33.6. The second-order valence-corrected chi connectivity index (χ2v) is 12.2. The van der Waals surface area contributed by atoms with Crippen LogP contribution >= 0.6 is 0 Å². The molecule has 0 saturated heterocycles. The van der Waals surface area contributed by atoms with E-state index in [0.29, 0.717) is 10.8 Å². The molecule has 0 heterocycles. The molecule has 4 heteroatoms. The molecule has 0 aliphatic carbocycles. The fourth-order valence-corrected chi connectivity index (χ4v) is 4.29. The van der Waals surface area contributed by atoms with Crippen molar-refractivity contribution in [3.05, 3.63) is 0 Å². The third kappa shape index (κ3) is 27.4. The summed E-state index contributed by atoms with van der Waals surface area (Å²) in [5, 5.41) is 0. The number of primary amides is 1. The number of carbonyl (C=O) groups excluding carboxylic acids is 1. The van der Waals surface area contributed by atoms with Gasteiger partial charge in [-0.2, -0.15) is 0 Å². The predicted octanol–water partition coefficient (Wildman–Crippen LogP) is 8.02. The van der Waals surface area contributed by atoms with Gasteiger partial charge in [0.1, 0.15) is 0 Å². The lowest BCUT2D eigenvalue weighted by Crippen LogP contribution is -2.23. The van der Waals surface area contributed by atoms with Gasteiger partial charge in [-0.05, 0) is 36.5 Å². The van der Waals surface area contributed by atoms with E-state index >= 15 is 0 Å². The lowest BCUT2D eigenvalue weighted by atomic mass is 9.89. The standard InChI is InChI=1S/C28H57NO.H4N2/c1-27(2,3)23-19-15-11-7-9-13-17-21-25(26(29)30)22-18-14-10-8-12-16-20-24-28(4,5)6;1-2/h25H,7-24H2,1-6H3,(H2,29,30);1-2H2. The van der Waals surface area contributed by atoms with Crippen molar-refractivity contribution < 1.29 is 4.79 Å². The number of amides is 1. The minimum atomic E-state index is -0.0700.